The van der Waals surface area contributed by atoms with E-state index in [0.29, 0.717) is 0 Å². The fourth-order valence-electron chi connectivity index (χ4n) is 3.05. The van der Waals surface area contributed by atoms with E-state index in [1.54, 1.807) is 6.21 Å². The quantitative estimate of drug-likeness (QED) is 0.477. The number of piperazine rings is 1. The Morgan fingerprint density at radius 1 is 1.27 bits per heavy atom. The number of pyridine rings is 1. The molecule has 1 aliphatic heterocycles. The van der Waals surface area contributed by atoms with E-state index in [0.717, 1.165) is 44.0 Å². The monoisotopic (exact) mass is 368 g/mol. The molecule has 3 N–H and O–H groups in total. The fourth-order valence-corrected chi connectivity index (χ4v) is 3.10. The molecular formula is C19H24N6S. The maximum atomic E-state index is 5.37. The second kappa shape index (κ2) is 8.73. The Labute approximate surface area is 159 Å². The van der Waals surface area contributed by atoms with Gasteiger partial charge in [0.15, 0.2) is 5.11 Å². The van der Waals surface area contributed by atoms with Crippen molar-refractivity contribution in [2.24, 2.45) is 10.8 Å². The lowest BCUT2D eigenvalue weighted by atomic mass is 10.1. The standard InChI is InChI=1S/C19H24N6S/c1-15-12-18(6-5-16(15)13-22-23-19(20)26)25-10-8-24(9-11-25)14-17-4-2-3-7-21-17/h2-7,12-13H,8-11,14H2,1H3,(H3,20,23,26)/b22-13+. The van der Waals surface area contributed by atoms with E-state index in [-0.39, 0.29) is 5.11 Å². The van der Waals surface area contributed by atoms with Crippen molar-refractivity contribution in [3.05, 3.63) is 59.4 Å². The number of hydrazone groups is 1. The Balaban J connectivity index is 1.56. The predicted octanol–water partition coefficient (Wildman–Crippen LogP) is 1.88. The Bertz CT molecular complexity index is 769. The highest BCUT2D eigenvalue weighted by atomic mass is 32.1. The predicted molar refractivity (Wildman–Crippen MR) is 110 cm³/mol. The normalized spacial score (nSPS) is 15.3. The van der Waals surface area contributed by atoms with Gasteiger partial charge < -0.3 is 10.6 Å². The first kappa shape index (κ1) is 18.3. The van der Waals surface area contributed by atoms with Gasteiger partial charge in [0.25, 0.3) is 0 Å². The van der Waals surface area contributed by atoms with E-state index in [1.807, 2.05) is 18.3 Å². The molecule has 0 bridgehead atoms. The largest absolute Gasteiger partial charge is 0.375 e. The molecule has 0 aliphatic carbocycles. The summed E-state index contributed by atoms with van der Waals surface area (Å²) in [6, 6.07) is 12.5. The van der Waals surface area contributed by atoms with Crippen molar-refractivity contribution in [3.8, 4) is 0 Å². The number of nitrogens with two attached hydrogens (primary N) is 1. The number of rotatable bonds is 5. The lowest BCUT2D eigenvalue weighted by Crippen LogP contribution is -2.46. The fraction of sp³-hybridized carbons (Fsp3) is 0.316. The minimum absolute atomic E-state index is 0.166. The summed E-state index contributed by atoms with van der Waals surface area (Å²) in [5, 5.41) is 4.19. The highest BCUT2D eigenvalue weighted by Gasteiger charge is 2.18. The van der Waals surface area contributed by atoms with Crippen molar-refractivity contribution >= 4 is 29.2 Å². The van der Waals surface area contributed by atoms with Crippen LogP contribution in [0, 0.1) is 6.92 Å². The summed E-state index contributed by atoms with van der Waals surface area (Å²) < 4.78 is 0. The number of aryl methyl sites for hydroxylation is 1. The van der Waals surface area contributed by atoms with Crippen LogP contribution in [0.25, 0.3) is 0 Å². The smallest absolute Gasteiger partial charge is 0.184 e. The lowest BCUT2D eigenvalue weighted by molar-refractivity contribution is 0.247. The summed E-state index contributed by atoms with van der Waals surface area (Å²) >= 11 is 4.74. The molecule has 7 heteroatoms. The van der Waals surface area contributed by atoms with E-state index in [4.69, 9.17) is 18.0 Å². The molecule has 26 heavy (non-hydrogen) atoms. The van der Waals surface area contributed by atoms with Gasteiger partial charge >= 0.3 is 0 Å². The second-order valence-electron chi connectivity index (χ2n) is 6.36. The maximum absolute atomic E-state index is 5.37. The topological polar surface area (TPSA) is 69.8 Å². The molecule has 1 aromatic carbocycles. The van der Waals surface area contributed by atoms with E-state index in [2.05, 4.69) is 56.5 Å². The Morgan fingerprint density at radius 2 is 2.08 bits per heavy atom. The summed E-state index contributed by atoms with van der Waals surface area (Å²) in [5.74, 6) is 0. The van der Waals surface area contributed by atoms with Gasteiger partial charge in [-0.05, 0) is 54.5 Å². The molecular weight excluding hydrogens is 344 g/mol. The third-order valence-electron chi connectivity index (χ3n) is 4.48. The SMILES string of the molecule is Cc1cc(N2CCN(Cc3ccccn3)CC2)ccc1/C=N/NC(N)=S. The molecule has 0 spiro atoms. The summed E-state index contributed by atoms with van der Waals surface area (Å²) in [6.45, 7) is 7.11. The highest BCUT2D eigenvalue weighted by Crippen LogP contribution is 2.20. The number of nitrogens with zero attached hydrogens (tertiary/aromatic N) is 4. The first-order valence-corrected chi connectivity index (χ1v) is 9.09. The van der Waals surface area contributed by atoms with Crippen molar-refractivity contribution in [2.45, 2.75) is 13.5 Å². The van der Waals surface area contributed by atoms with Crippen LogP contribution in [0.15, 0.2) is 47.7 Å². The minimum atomic E-state index is 0.166. The molecule has 136 valence electrons. The Hall–Kier alpha value is -2.51. The van der Waals surface area contributed by atoms with Crippen LogP contribution < -0.4 is 16.1 Å². The highest BCUT2D eigenvalue weighted by molar-refractivity contribution is 7.80. The van der Waals surface area contributed by atoms with Crippen molar-refractivity contribution in [2.75, 3.05) is 31.1 Å². The molecule has 0 radical (unpaired) electrons. The molecule has 3 rings (SSSR count). The van der Waals surface area contributed by atoms with Crippen molar-refractivity contribution in [1.82, 2.24) is 15.3 Å². The number of hydrogen-bond acceptors (Lipinski definition) is 5. The number of thiocarbonyl (C=S) groups is 1. The molecule has 6 nitrogen and oxygen atoms in total. The molecule has 2 heterocycles. The van der Waals surface area contributed by atoms with Gasteiger partial charge in [-0.2, -0.15) is 5.10 Å². The first-order chi connectivity index (χ1) is 12.6. The van der Waals surface area contributed by atoms with Gasteiger partial charge in [-0.25, -0.2) is 0 Å². The van der Waals surface area contributed by atoms with Crippen LogP contribution in [0.3, 0.4) is 0 Å². The van der Waals surface area contributed by atoms with E-state index in [9.17, 15) is 0 Å². The minimum Gasteiger partial charge on any atom is -0.375 e. The van der Waals surface area contributed by atoms with Crippen molar-refractivity contribution < 1.29 is 0 Å². The number of benzene rings is 1. The van der Waals surface area contributed by atoms with Crippen LogP contribution >= 0.6 is 12.2 Å². The van der Waals surface area contributed by atoms with Gasteiger partial charge in [-0.15, -0.1) is 0 Å². The molecule has 1 aromatic heterocycles. The molecule has 0 saturated carbocycles. The molecule has 1 fully saturated rings. The zero-order valence-electron chi connectivity index (χ0n) is 14.9. The molecule has 0 unspecified atom stereocenters. The van der Waals surface area contributed by atoms with E-state index < -0.39 is 0 Å². The summed E-state index contributed by atoms with van der Waals surface area (Å²) in [7, 11) is 0. The zero-order valence-corrected chi connectivity index (χ0v) is 15.7. The zero-order chi connectivity index (χ0) is 18.4. The maximum Gasteiger partial charge on any atom is 0.184 e. The molecule has 1 saturated heterocycles. The average Bonchev–Trinajstić information content (AvgIpc) is 2.64. The van der Waals surface area contributed by atoms with Gasteiger partial charge in [-0.1, -0.05) is 12.1 Å². The Morgan fingerprint density at radius 3 is 2.73 bits per heavy atom. The Kier molecular flexibility index (Phi) is 6.14. The number of anilines is 1. The van der Waals surface area contributed by atoms with Gasteiger partial charge in [0, 0.05) is 44.6 Å². The van der Waals surface area contributed by atoms with Crippen LogP contribution in [-0.4, -0.2) is 47.4 Å². The first-order valence-electron chi connectivity index (χ1n) is 8.68. The van der Waals surface area contributed by atoms with Crippen molar-refractivity contribution in [3.63, 3.8) is 0 Å². The molecule has 1 aliphatic rings. The second-order valence-corrected chi connectivity index (χ2v) is 6.80. The molecule has 0 amide bonds. The van der Waals surface area contributed by atoms with Gasteiger partial charge in [0.05, 0.1) is 11.9 Å². The number of aromatic nitrogens is 1. The number of nitrogens with one attached hydrogen (secondary N) is 1. The van der Waals surface area contributed by atoms with Crippen LogP contribution in [-0.2, 0) is 6.54 Å². The van der Waals surface area contributed by atoms with Gasteiger partial charge in [-0.3, -0.25) is 15.3 Å². The molecule has 0 atom stereocenters. The van der Waals surface area contributed by atoms with E-state index >= 15 is 0 Å². The summed E-state index contributed by atoms with van der Waals surface area (Å²) in [5.41, 5.74) is 12.6. The van der Waals surface area contributed by atoms with Crippen LogP contribution in [0.2, 0.25) is 0 Å². The van der Waals surface area contributed by atoms with Crippen LogP contribution in [0.4, 0.5) is 5.69 Å². The summed E-state index contributed by atoms with van der Waals surface area (Å²) in [6.07, 6.45) is 3.60. The third kappa shape index (κ3) is 5.00. The van der Waals surface area contributed by atoms with E-state index in [1.165, 1.54) is 11.3 Å². The molecule has 2 aromatic rings. The van der Waals surface area contributed by atoms with Crippen LogP contribution in [0.5, 0.6) is 0 Å². The number of hydrogen-bond donors (Lipinski definition) is 2. The van der Waals surface area contributed by atoms with Gasteiger partial charge in [0.1, 0.15) is 0 Å². The van der Waals surface area contributed by atoms with Crippen LogP contribution in [0.1, 0.15) is 16.8 Å². The third-order valence-corrected chi connectivity index (χ3v) is 4.57. The van der Waals surface area contributed by atoms with Crippen molar-refractivity contribution in [1.29, 1.82) is 0 Å². The summed E-state index contributed by atoms with van der Waals surface area (Å²) in [4.78, 5) is 9.30. The van der Waals surface area contributed by atoms with Gasteiger partial charge in [0.2, 0.25) is 0 Å². The average molecular weight is 369 g/mol. The lowest BCUT2D eigenvalue weighted by Gasteiger charge is -2.36.